The number of anilines is 1. The number of rotatable bonds is 3. The molecule has 3 heterocycles. The van der Waals surface area contributed by atoms with Crippen molar-refractivity contribution >= 4 is 22.9 Å². The van der Waals surface area contributed by atoms with Gasteiger partial charge in [-0.05, 0) is 43.9 Å². The van der Waals surface area contributed by atoms with E-state index in [1.807, 2.05) is 0 Å². The number of aliphatic hydroxyl groups excluding tert-OH is 2. The molecule has 3 fully saturated rings. The second kappa shape index (κ2) is 8.22. The SMILES string of the molecule is C[C@@H]1CCC[C@@](O)(C#Cc2nc(N)c3ncn(C4OC(C(=O)NC5CC5)C(O)C4O)c3n2)C1. The Labute approximate surface area is 190 Å². The van der Waals surface area contributed by atoms with E-state index in [4.69, 9.17) is 10.5 Å². The maximum atomic E-state index is 12.4. The van der Waals surface area contributed by atoms with Crippen LogP contribution in [-0.4, -0.2) is 70.7 Å². The molecular formula is C22H28N6O5. The summed E-state index contributed by atoms with van der Waals surface area (Å²) < 4.78 is 7.14. The van der Waals surface area contributed by atoms with Crippen LogP contribution in [0.2, 0.25) is 0 Å². The molecule has 6 N–H and O–H groups in total. The molecule has 1 saturated heterocycles. The van der Waals surface area contributed by atoms with Crippen molar-refractivity contribution in [2.75, 3.05) is 5.73 Å². The van der Waals surface area contributed by atoms with Gasteiger partial charge in [-0.1, -0.05) is 19.3 Å². The molecule has 5 rings (SSSR count). The van der Waals surface area contributed by atoms with Gasteiger partial charge in [0.2, 0.25) is 5.82 Å². The summed E-state index contributed by atoms with van der Waals surface area (Å²) in [6.07, 6.45) is 1.17. The van der Waals surface area contributed by atoms with E-state index in [2.05, 4.69) is 39.0 Å². The van der Waals surface area contributed by atoms with E-state index in [0.717, 1.165) is 25.7 Å². The van der Waals surface area contributed by atoms with E-state index < -0.39 is 36.0 Å². The van der Waals surface area contributed by atoms with Crippen molar-refractivity contribution < 1.29 is 24.9 Å². The molecule has 33 heavy (non-hydrogen) atoms. The van der Waals surface area contributed by atoms with Crippen LogP contribution < -0.4 is 11.1 Å². The normalized spacial score (nSPS) is 34.1. The zero-order valence-electron chi connectivity index (χ0n) is 18.3. The number of nitrogens with two attached hydrogens (primary N) is 1. The third-order valence-corrected chi connectivity index (χ3v) is 6.52. The van der Waals surface area contributed by atoms with E-state index in [1.165, 1.54) is 10.9 Å². The van der Waals surface area contributed by atoms with E-state index in [-0.39, 0.29) is 28.8 Å². The number of nitrogen functional groups attached to an aromatic ring is 1. The highest BCUT2D eigenvalue weighted by Gasteiger charge is 2.48. The van der Waals surface area contributed by atoms with E-state index in [1.54, 1.807) is 0 Å². The molecule has 1 amide bonds. The summed E-state index contributed by atoms with van der Waals surface area (Å²) in [6.45, 7) is 2.09. The molecule has 6 atom stereocenters. The van der Waals surface area contributed by atoms with Gasteiger partial charge in [0.15, 0.2) is 23.8 Å². The highest BCUT2D eigenvalue weighted by molar-refractivity contribution is 5.83. The van der Waals surface area contributed by atoms with Crippen molar-refractivity contribution in [1.82, 2.24) is 24.8 Å². The maximum absolute atomic E-state index is 12.4. The fourth-order valence-corrected chi connectivity index (χ4v) is 4.61. The van der Waals surface area contributed by atoms with Gasteiger partial charge >= 0.3 is 0 Å². The number of nitrogens with one attached hydrogen (secondary N) is 1. The minimum Gasteiger partial charge on any atom is -0.387 e. The minimum atomic E-state index is -1.41. The molecule has 4 unspecified atom stereocenters. The highest BCUT2D eigenvalue weighted by Crippen LogP contribution is 2.34. The van der Waals surface area contributed by atoms with Gasteiger partial charge in [0, 0.05) is 6.04 Å². The predicted octanol–water partition coefficient (Wildman–Crippen LogP) is -0.401. The molecule has 1 aliphatic heterocycles. The van der Waals surface area contributed by atoms with Crippen LogP contribution in [0.3, 0.4) is 0 Å². The third kappa shape index (κ3) is 4.27. The molecule has 0 aromatic carbocycles. The summed E-state index contributed by atoms with van der Waals surface area (Å²) in [5, 5.41) is 34.6. The average molecular weight is 457 g/mol. The number of imidazole rings is 1. The fourth-order valence-electron chi connectivity index (χ4n) is 4.61. The topological polar surface area (TPSA) is 169 Å². The van der Waals surface area contributed by atoms with Crippen LogP contribution in [0.25, 0.3) is 11.2 Å². The first-order valence-corrected chi connectivity index (χ1v) is 11.3. The fraction of sp³-hybridized carbons (Fsp3) is 0.636. The Morgan fingerprint density at radius 1 is 1.30 bits per heavy atom. The summed E-state index contributed by atoms with van der Waals surface area (Å²) in [5.74, 6) is 5.83. The van der Waals surface area contributed by atoms with E-state index in [0.29, 0.717) is 18.8 Å². The van der Waals surface area contributed by atoms with Gasteiger partial charge in [-0.2, -0.15) is 0 Å². The predicted molar refractivity (Wildman–Crippen MR) is 116 cm³/mol. The Bertz CT molecular complexity index is 1140. The average Bonchev–Trinajstić information content (AvgIpc) is 3.40. The van der Waals surface area contributed by atoms with Crippen LogP contribution in [0.15, 0.2) is 6.33 Å². The second-order valence-corrected chi connectivity index (χ2v) is 9.45. The summed E-state index contributed by atoms with van der Waals surface area (Å²) in [4.78, 5) is 25.2. The molecule has 3 aliphatic rings. The number of nitrogens with zero attached hydrogens (tertiary/aromatic N) is 4. The molecule has 11 heteroatoms. The van der Waals surface area contributed by atoms with Crippen LogP contribution >= 0.6 is 0 Å². The number of hydrogen-bond donors (Lipinski definition) is 5. The largest absolute Gasteiger partial charge is 0.387 e. The third-order valence-electron chi connectivity index (χ3n) is 6.52. The number of fused-ring (bicyclic) bond motifs is 1. The van der Waals surface area contributed by atoms with E-state index >= 15 is 0 Å². The lowest BCUT2D eigenvalue weighted by atomic mass is 9.79. The second-order valence-electron chi connectivity index (χ2n) is 9.45. The summed E-state index contributed by atoms with van der Waals surface area (Å²) in [5.41, 5.74) is 5.49. The number of amides is 1. The lowest BCUT2D eigenvalue weighted by Gasteiger charge is -2.30. The van der Waals surface area contributed by atoms with Gasteiger partial charge in [-0.25, -0.2) is 15.0 Å². The van der Waals surface area contributed by atoms with Crippen LogP contribution in [0.5, 0.6) is 0 Å². The van der Waals surface area contributed by atoms with Crippen molar-refractivity contribution in [1.29, 1.82) is 0 Å². The van der Waals surface area contributed by atoms with Gasteiger partial charge < -0.3 is 31.1 Å². The molecular weight excluding hydrogens is 428 g/mol. The molecule has 2 aromatic heterocycles. The smallest absolute Gasteiger partial charge is 0.252 e. The van der Waals surface area contributed by atoms with Crippen LogP contribution in [0, 0.1) is 17.8 Å². The quantitative estimate of drug-likeness (QED) is 0.386. The van der Waals surface area contributed by atoms with Crippen LogP contribution in [0.1, 0.15) is 57.5 Å². The molecule has 0 spiro atoms. The molecule has 2 aliphatic carbocycles. The van der Waals surface area contributed by atoms with Gasteiger partial charge in [-0.3, -0.25) is 9.36 Å². The molecule has 0 radical (unpaired) electrons. The van der Waals surface area contributed by atoms with Gasteiger partial charge in [0.25, 0.3) is 5.91 Å². The van der Waals surface area contributed by atoms with Crippen molar-refractivity contribution in [2.24, 2.45) is 5.92 Å². The number of ether oxygens (including phenoxy) is 1. The monoisotopic (exact) mass is 456 g/mol. The lowest BCUT2D eigenvalue weighted by Crippen LogP contribution is -2.43. The molecule has 2 saturated carbocycles. The van der Waals surface area contributed by atoms with E-state index in [9.17, 15) is 20.1 Å². The van der Waals surface area contributed by atoms with Crippen LogP contribution in [0.4, 0.5) is 5.82 Å². The Balaban J connectivity index is 1.43. The Hall–Kier alpha value is -2.78. The molecule has 2 aromatic rings. The Morgan fingerprint density at radius 3 is 2.82 bits per heavy atom. The maximum Gasteiger partial charge on any atom is 0.252 e. The number of carbonyl (C=O) groups excluding carboxylic acids is 1. The van der Waals surface area contributed by atoms with Crippen molar-refractivity contribution in [2.45, 2.75) is 81.6 Å². The first kappa shape index (κ1) is 22.0. The zero-order valence-corrected chi connectivity index (χ0v) is 18.3. The number of hydrogen-bond acceptors (Lipinski definition) is 9. The van der Waals surface area contributed by atoms with Crippen LogP contribution in [-0.2, 0) is 9.53 Å². The van der Waals surface area contributed by atoms with Crippen molar-refractivity contribution in [3.63, 3.8) is 0 Å². The zero-order chi connectivity index (χ0) is 23.3. The molecule has 11 nitrogen and oxygen atoms in total. The first-order valence-electron chi connectivity index (χ1n) is 11.3. The summed E-state index contributed by atoms with van der Waals surface area (Å²) in [7, 11) is 0. The Kier molecular flexibility index (Phi) is 5.49. The molecule has 0 bridgehead atoms. The number of carbonyl (C=O) groups is 1. The molecule has 176 valence electrons. The number of aliphatic hydroxyl groups is 3. The van der Waals surface area contributed by atoms with Crippen molar-refractivity contribution in [3.05, 3.63) is 12.2 Å². The van der Waals surface area contributed by atoms with Gasteiger partial charge in [0.1, 0.15) is 23.3 Å². The van der Waals surface area contributed by atoms with Gasteiger partial charge in [-0.15, -0.1) is 0 Å². The standard InChI is InChI=1S/C22H28N6O5/c1-11-3-2-7-22(32,9-11)8-6-13-26-18(23)14-19(27-13)28(10-24-14)21-16(30)15(29)17(33-21)20(31)25-12-4-5-12/h10-12,15-17,21,29-30,32H,2-5,7,9H2,1H3,(H,25,31)(H2,23,26,27)/t11-,15?,16?,17?,21?,22-/m1/s1. The summed E-state index contributed by atoms with van der Waals surface area (Å²) >= 11 is 0. The minimum absolute atomic E-state index is 0.0862. The van der Waals surface area contributed by atoms with Gasteiger partial charge in [0.05, 0.1) is 6.33 Å². The summed E-state index contributed by atoms with van der Waals surface area (Å²) in [6, 6.07) is 0.0919. The Morgan fingerprint density at radius 2 is 2.09 bits per heavy atom. The number of aromatic nitrogens is 4. The highest BCUT2D eigenvalue weighted by atomic mass is 16.6. The first-order chi connectivity index (χ1) is 15.7. The van der Waals surface area contributed by atoms with Crippen molar-refractivity contribution in [3.8, 4) is 11.8 Å². The lowest BCUT2D eigenvalue weighted by molar-refractivity contribution is -0.137.